The lowest BCUT2D eigenvalue weighted by Gasteiger charge is -2.19. The molecule has 0 bridgehead atoms. The van der Waals surface area contributed by atoms with Gasteiger partial charge < -0.3 is 9.72 Å². The summed E-state index contributed by atoms with van der Waals surface area (Å²) >= 11 is 0. The number of aromatic nitrogens is 1. The molecule has 1 aromatic heterocycles. The Morgan fingerprint density at radius 3 is 2.65 bits per heavy atom. The van der Waals surface area contributed by atoms with Crippen LogP contribution in [-0.2, 0) is 21.4 Å². The molecule has 1 N–H and O–H groups in total. The molecule has 1 heterocycles. The summed E-state index contributed by atoms with van der Waals surface area (Å²) < 4.78 is 5.01. The molecule has 1 aromatic carbocycles. The number of aryl methyl sites for hydroxylation is 1. The molecule has 0 amide bonds. The first-order valence-electron chi connectivity index (χ1n) is 8.32. The zero-order chi connectivity index (χ0) is 16.9. The highest BCUT2D eigenvalue weighted by molar-refractivity contribution is 5.85. The minimum Gasteiger partial charge on any atom is -0.463 e. The van der Waals surface area contributed by atoms with E-state index in [0.29, 0.717) is 6.61 Å². The van der Waals surface area contributed by atoms with Gasteiger partial charge in [-0.2, -0.15) is 0 Å². The number of rotatable bonds is 7. The topological polar surface area (TPSA) is 42.1 Å². The molecule has 0 atom stereocenters. The molecule has 23 heavy (non-hydrogen) atoms. The summed E-state index contributed by atoms with van der Waals surface area (Å²) in [6, 6.07) is 8.51. The predicted octanol–water partition coefficient (Wildman–Crippen LogP) is 4.91. The van der Waals surface area contributed by atoms with E-state index in [0.717, 1.165) is 25.7 Å². The van der Waals surface area contributed by atoms with Gasteiger partial charge in [0, 0.05) is 28.1 Å². The van der Waals surface area contributed by atoms with E-state index in [1.54, 1.807) is 0 Å². The van der Waals surface area contributed by atoms with E-state index in [4.69, 9.17) is 4.74 Å². The van der Waals surface area contributed by atoms with Crippen LogP contribution in [-0.4, -0.2) is 17.6 Å². The van der Waals surface area contributed by atoms with Crippen LogP contribution in [0.2, 0.25) is 0 Å². The van der Waals surface area contributed by atoms with Crippen LogP contribution in [0.1, 0.15) is 51.3 Å². The van der Waals surface area contributed by atoms with Gasteiger partial charge in [-0.3, -0.25) is 0 Å². The molecule has 0 unspecified atom stereocenters. The number of para-hydroxylation sites is 1. The Balaban J connectivity index is 1.99. The molecule has 0 aliphatic rings. The van der Waals surface area contributed by atoms with Crippen molar-refractivity contribution in [2.24, 2.45) is 0 Å². The second-order valence-corrected chi connectivity index (χ2v) is 6.96. The summed E-state index contributed by atoms with van der Waals surface area (Å²) in [4.78, 5) is 14.6. The highest BCUT2D eigenvalue weighted by atomic mass is 16.5. The molecule has 0 saturated carbocycles. The number of unbranched alkanes of at least 4 members (excludes halogenated alkanes) is 2. The van der Waals surface area contributed by atoms with Crippen molar-refractivity contribution in [1.29, 1.82) is 0 Å². The van der Waals surface area contributed by atoms with Gasteiger partial charge in [-0.05, 0) is 37.3 Å². The zero-order valence-corrected chi connectivity index (χ0v) is 14.4. The minimum absolute atomic E-state index is 0.105. The summed E-state index contributed by atoms with van der Waals surface area (Å²) in [5.41, 5.74) is 4.08. The van der Waals surface area contributed by atoms with Crippen molar-refractivity contribution in [3.63, 3.8) is 0 Å². The molecule has 0 radical (unpaired) electrons. The van der Waals surface area contributed by atoms with E-state index in [2.05, 4.69) is 56.6 Å². The largest absolute Gasteiger partial charge is 0.463 e. The number of fused-ring (bicyclic) bond motifs is 1. The Kier molecular flexibility index (Phi) is 5.64. The van der Waals surface area contributed by atoms with Crippen LogP contribution in [0.15, 0.2) is 36.9 Å². The van der Waals surface area contributed by atoms with E-state index in [9.17, 15) is 4.79 Å². The van der Waals surface area contributed by atoms with Crippen LogP contribution in [0.25, 0.3) is 10.9 Å². The highest BCUT2D eigenvalue weighted by Gasteiger charge is 2.21. The number of aromatic amines is 1. The van der Waals surface area contributed by atoms with Gasteiger partial charge in [-0.1, -0.05) is 45.5 Å². The normalized spacial score (nSPS) is 11.6. The van der Waals surface area contributed by atoms with Gasteiger partial charge in [-0.25, -0.2) is 4.79 Å². The fraction of sp³-hybridized carbons (Fsp3) is 0.450. The Morgan fingerprint density at radius 2 is 1.96 bits per heavy atom. The number of nitrogens with one attached hydrogen (secondary N) is 1. The maximum absolute atomic E-state index is 11.0. The van der Waals surface area contributed by atoms with Crippen molar-refractivity contribution in [1.82, 2.24) is 4.98 Å². The lowest BCUT2D eigenvalue weighted by atomic mass is 9.87. The summed E-state index contributed by atoms with van der Waals surface area (Å²) in [6.07, 6.45) is 5.30. The Bertz CT molecular complexity index is 676. The monoisotopic (exact) mass is 313 g/mol. The smallest absolute Gasteiger partial charge is 0.330 e. The quantitative estimate of drug-likeness (QED) is 0.448. The van der Waals surface area contributed by atoms with Crippen molar-refractivity contribution in [3.05, 3.63) is 48.2 Å². The van der Waals surface area contributed by atoms with E-state index in [-0.39, 0.29) is 11.4 Å². The van der Waals surface area contributed by atoms with E-state index in [1.807, 2.05) is 0 Å². The molecule has 2 rings (SSSR count). The number of esters is 1. The second kappa shape index (κ2) is 7.49. The third kappa shape index (κ3) is 4.47. The fourth-order valence-electron chi connectivity index (χ4n) is 2.91. The molecule has 0 spiro atoms. The average molecular weight is 313 g/mol. The van der Waals surface area contributed by atoms with Crippen molar-refractivity contribution >= 4 is 16.9 Å². The SMILES string of the molecule is C=CC(=O)OCCCCCc1c(C(C)(C)C)[nH]c2ccccc12. The van der Waals surface area contributed by atoms with Gasteiger partial charge in [0.05, 0.1) is 6.61 Å². The number of carbonyl (C=O) groups excluding carboxylic acids is 1. The Labute approximate surface area is 138 Å². The molecular formula is C20H27NO2. The van der Waals surface area contributed by atoms with Gasteiger partial charge in [-0.15, -0.1) is 0 Å². The third-order valence-electron chi connectivity index (χ3n) is 4.05. The van der Waals surface area contributed by atoms with E-state index >= 15 is 0 Å². The van der Waals surface area contributed by atoms with Gasteiger partial charge >= 0.3 is 5.97 Å². The van der Waals surface area contributed by atoms with Crippen molar-refractivity contribution in [3.8, 4) is 0 Å². The first kappa shape index (κ1) is 17.3. The molecule has 0 fully saturated rings. The molecule has 3 heteroatoms. The number of carbonyl (C=O) groups is 1. The maximum atomic E-state index is 11.0. The Morgan fingerprint density at radius 1 is 1.22 bits per heavy atom. The van der Waals surface area contributed by atoms with Gasteiger partial charge in [0.15, 0.2) is 0 Å². The first-order chi connectivity index (χ1) is 10.9. The first-order valence-corrected chi connectivity index (χ1v) is 8.32. The van der Waals surface area contributed by atoms with Crippen molar-refractivity contribution < 1.29 is 9.53 Å². The summed E-state index contributed by atoms with van der Waals surface area (Å²) in [5, 5.41) is 1.33. The summed E-state index contributed by atoms with van der Waals surface area (Å²) in [6.45, 7) is 10.6. The van der Waals surface area contributed by atoms with E-state index < -0.39 is 0 Å². The average Bonchev–Trinajstić information content (AvgIpc) is 2.89. The maximum Gasteiger partial charge on any atom is 0.330 e. The lowest BCUT2D eigenvalue weighted by molar-refractivity contribution is -0.137. The zero-order valence-electron chi connectivity index (χ0n) is 14.4. The Hall–Kier alpha value is -2.03. The predicted molar refractivity (Wildman–Crippen MR) is 95.7 cm³/mol. The number of hydrogen-bond donors (Lipinski definition) is 1. The molecule has 124 valence electrons. The molecular weight excluding hydrogens is 286 g/mol. The van der Waals surface area contributed by atoms with Gasteiger partial charge in [0.2, 0.25) is 0 Å². The second-order valence-electron chi connectivity index (χ2n) is 6.96. The van der Waals surface area contributed by atoms with Crippen LogP contribution in [0, 0.1) is 0 Å². The minimum atomic E-state index is -0.336. The molecule has 3 nitrogen and oxygen atoms in total. The van der Waals surface area contributed by atoms with Gasteiger partial charge in [0.25, 0.3) is 0 Å². The molecule has 0 aliphatic heterocycles. The number of benzene rings is 1. The van der Waals surface area contributed by atoms with Crippen molar-refractivity contribution in [2.75, 3.05) is 6.61 Å². The van der Waals surface area contributed by atoms with Crippen LogP contribution < -0.4 is 0 Å². The molecule has 0 aliphatic carbocycles. The standard InChI is InChI=1S/C20H27NO2/c1-5-18(22)23-14-10-6-7-12-16-15-11-8-9-13-17(15)21-19(16)20(2,3)4/h5,8-9,11,13,21H,1,6-7,10,12,14H2,2-4H3. The van der Waals surface area contributed by atoms with Crippen LogP contribution >= 0.6 is 0 Å². The fourth-order valence-corrected chi connectivity index (χ4v) is 2.91. The van der Waals surface area contributed by atoms with Crippen molar-refractivity contribution in [2.45, 2.75) is 51.9 Å². The van der Waals surface area contributed by atoms with Crippen LogP contribution in [0.4, 0.5) is 0 Å². The highest BCUT2D eigenvalue weighted by Crippen LogP contribution is 2.32. The lowest BCUT2D eigenvalue weighted by Crippen LogP contribution is -2.14. The number of hydrogen-bond acceptors (Lipinski definition) is 2. The number of ether oxygens (including phenoxy) is 1. The number of H-pyrrole nitrogens is 1. The molecule has 2 aromatic rings. The molecule has 0 saturated heterocycles. The summed E-state index contributed by atoms with van der Waals surface area (Å²) in [7, 11) is 0. The van der Waals surface area contributed by atoms with Crippen LogP contribution in [0.3, 0.4) is 0 Å². The van der Waals surface area contributed by atoms with Crippen LogP contribution in [0.5, 0.6) is 0 Å². The van der Waals surface area contributed by atoms with E-state index in [1.165, 1.54) is 28.2 Å². The van der Waals surface area contributed by atoms with Gasteiger partial charge in [0.1, 0.15) is 0 Å². The summed E-state index contributed by atoms with van der Waals surface area (Å²) in [5.74, 6) is -0.336. The third-order valence-corrected chi connectivity index (χ3v) is 4.05.